The van der Waals surface area contributed by atoms with Crippen LogP contribution in [0.4, 0.5) is 0 Å². The minimum absolute atomic E-state index is 0.167. The van der Waals surface area contributed by atoms with Crippen LogP contribution in [-0.4, -0.2) is 35.1 Å². The third kappa shape index (κ3) is 5.07. The summed E-state index contributed by atoms with van der Waals surface area (Å²) in [5.74, 6) is 0.881. The van der Waals surface area contributed by atoms with E-state index in [1.807, 2.05) is 4.90 Å². The molecule has 0 spiro atoms. The number of carbonyl (C=O) groups is 1. The summed E-state index contributed by atoms with van der Waals surface area (Å²) in [5, 5.41) is 8.86. The van der Waals surface area contributed by atoms with E-state index >= 15 is 0 Å². The Morgan fingerprint density at radius 2 is 1.94 bits per heavy atom. The van der Waals surface area contributed by atoms with Crippen LogP contribution in [0.15, 0.2) is 0 Å². The van der Waals surface area contributed by atoms with Gasteiger partial charge in [0.1, 0.15) is 0 Å². The molecule has 1 aliphatic rings. The molecule has 0 heterocycles. The Kier molecular flexibility index (Phi) is 6.56. The van der Waals surface area contributed by atoms with Crippen molar-refractivity contribution in [3.8, 4) is 0 Å². The van der Waals surface area contributed by atoms with E-state index in [1.54, 1.807) is 0 Å². The van der Waals surface area contributed by atoms with Crippen LogP contribution in [-0.2, 0) is 4.79 Å². The van der Waals surface area contributed by atoms with Crippen LogP contribution in [0, 0.1) is 5.92 Å². The summed E-state index contributed by atoms with van der Waals surface area (Å²) < 4.78 is 0. The Morgan fingerprint density at radius 1 is 1.29 bits per heavy atom. The number of nitrogens with zero attached hydrogens (tertiary/aromatic N) is 1. The molecule has 1 amide bonds. The second-order valence-electron chi connectivity index (χ2n) is 5.47. The summed E-state index contributed by atoms with van der Waals surface area (Å²) in [5.41, 5.74) is 0. The van der Waals surface area contributed by atoms with E-state index in [9.17, 15) is 4.79 Å². The first-order chi connectivity index (χ1) is 8.15. The van der Waals surface area contributed by atoms with Gasteiger partial charge in [-0.1, -0.05) is 19.3 Å². The highest BCUT2D eigenvalue weighted by Gasteiger charge is 2.22. The first-order valence-corrected chi connectivity index (χ1v) is 7.05. The molecule has 1 aliphatic carbocycles. The number of aliphatic hydroxyl groups excluding tert-OH is 1. The Hall–Kier alpha value is -0.570. The van der Waals surface area contributed by atoms with Gasteiger partial charge in [0.05, 0.1) is 0 Å². The Balaban J connectivity index is 2.40. The third-order valence-corrected chi connectivity index (χ3v) is 3.69. The monoisotopic (exact) mass is 241 g/mol. The van der Waals surface area contributed by atoms with Gasteiger partial charge in [0.2, 0.25) is 5.91 Å². The molecule has 1 rings (SSSR count). The highest BCUT2D eigenvalue weighted by atomic mass is 16.3. The van der Waals surface area contributed by atoms with Gasteiger partial charge in [0.15, 0.2) is 0 Å². The molecule has 0 unspecified atom stereocenters. The van der Waals surface area contributed by atoms with Gasteiger partial charge in [-0.15, -0.1) is 0 Å². The maximum atomic E-state index is 12.2. The number of rotatable bonds is 6. The standard InChI is InChI=1S/C14H27NO2/c1-12(2)15(9-6-10-16)14(17)11-13-7-4-3-5-8-13/h12-13,16H,3-11H2,1-2H3. The molecule has 1 saturated carbocycles. The van der Waals surface area contributed by atoms with Crippen molar-refractivity contribution in [2.45, 2.75) is 64.8 Å². The van der Waals surface area contributed by atoms with Gasteiger partial charge in [0.25, 0.3) is 0 Å². The van der Waals surface area contributed by atoms with Crippen molar-refractivity contribution in [3.05, 3.63) is 0 Å². The first kappa shape index (κ1) is 14.5. The summed E-state index contributed by atoms with van der Waals surface area (Å²) in [7, 11) is 0. The van der Waals surface area contributed by atoms with Crippen molar-refractivity contribution in [3.63, 3.8) is 0 Å². The van der Waals surface area contributed by atoms with Gasteiger partial charge < -0.3 is 10.0 Å². The van der Waals surface area contributed by atoms with Gasteiger partial charge in [-0.2, -0.15) is 0 Å². The van der Waals surface area contributed by atoms with E-state index in [0.717, 1.165) is 0 Å². The average molecular weight is 241 g/mol. The highest BCUT2D eigenvalue weighted by Crippen LogP contribution is 2.27. The molecule has 17 heavy (non-hydrogen) atoms. The van der Waals surface area contributed by atoms with Crippen molar-refractivity contribution < 1.29 is 9.90 Å². The van der Waals surface area contributed by atoms with Gasteiger partial charge in [-0.3, -0.25) is 4.79 Å². The molecular weight excluding hydrogens is 214 g/mol. The smallest absolute Gasteiger partial charge is 0.223 e. The zero-order valence-electron chi connectivity index (χ0n) is 11.3. The lowest BCUT2D eigenvalue weighted by atomic mass is 9.86. The summed E-state index contributed by atoms with van der Waals surface area (Å²) in [6.45, 7) is 4.96. The van der Waals surface area contributed by atoms with E-state index < -0.39 is 0 Å². The van der Waals surface area contributed by atoms with Gasteiger partial charge >= 0.3 is 0 Å². The maximum absolute atomic E-state index is 12.2. The Labute approximate surface area is 105 Å². The molecule has 3 nitrogen and oxygen atoms in total. The molecule has 0 saturated heterocycles. The zero-order chi connectivity index (χ0) is 12.7. The molecule has 0 bridgehead atoms. The molecule has 0 aromatic heterocycles. The van der Waals surface area contributed by atoms with Crippen LogP contribution in [0.1, 0.15) is 58.8 Å². The maximum Gasteiger partial charge on any atom is 0.223 e. The SMILES string of the molecule is CC(C)N(CCCO)C(=O)CC1CCCCC1. The van der Waals surface area contributed by atoms with Crippen molar-refractivity contribution in [1.82, 2.24) is 4.90 Å². The van der Waals surface area contributed by atoms with Crippen LogP contribution in [0.2, 0.25) is 0 Å². The van der Waals surface area contributed by atoms with Crippen molar-refractivity contribution in [2.24, 2.45) is 5.92 Å². The molecule has 1 N–H and O–H groups in total. The minimum atomic E-state index is 0.167. The van der Waals surface area contributed by atoms with E-state index in [-0.39, 0.29) is 18.6 Å². The van der Waals surface area contributed by atoms with E-state index in [2.05, 4.69) is 13.8 Å². The Morgan fingerprint density at radius 3 is 2.47 bits per heavy atom. The molecule has 100 valence electrons. The molecule has 0 aromatic rings. The number of amides is 1. The van der Waals surface area contributed by atoms with Crippen molar-refractivity contribution in [1.29, 1.82) is 0 Å². The number of hydrogen-bond donors (Lipinski definition) is 1. The number of carbonyl (C=O) groups excluding carboxylic acids is 1. The second-order valence-corrected chi connectivity index (χ2v) is 5.47. The van der Waals surface area contributed by atoms with Crippen LogP contribution in [0.3, 0.4) is 0 Å². The molecule has 0 radical (unpaired) electrons. The van der Waals surface area contributed by atoms with Crippen LogP contribution in [0.5, 0.6) is 0 Å². The van der Waals surface area contributed by atoms with E-state index in [0.29, 0.717) is 25.3 Å². The van der Waals surface area contributed by atoms with E-state index in [1.165, 1.54) is 32.1 Å². The molecule has 0 aromatic carbocycles. The molecular formula is C14H27NO2. The highest BCUT2D eigenvalue weighted by molar-refractivity contribution is 5.76. The van der Waals surface area contributed by atoms with Crippen LogP contribution in [0.25, 0.3) is 0 Å². The summed E-state index contributed by atoms with van der Waals surface area (Å²) in [4.78, 5) is 14.1. The molecule has 3 heteroatoms. The summed E-state index contributed by atoms with van der Waals surface area (Å²) >= 11 is 0. The Bertz CT molecular complexity index is 222. The fourth-order valence-electron chi connectivity index (χ4n) is 2.67. The normalized spacial score (nSPS) is 17.4. The van der Waals surface area contributed by atoms with Gasteiger partial charge in [-0.05, 0) is 39.0 Å². The predicted octanol–water partition coefficient (Wildman–Crippen LogP) is 2.58. The lowest BCUT2D eigenvalue weighted by Gasteiger charge is -2.29. The molecule has 0 atom stereocenters. The van der Waals surface area contributed by atoms with Crippen molar-refractivity contribution >= 4 is 5.91 Å². The zero-order valence-corrected chi connectivity index (χ0v) is 11.3. The lowest BCUT2D eigenvalue weighted by molar-refractivity contribution is -0.134. The number of hydrogen-bond acceptors (Lipinski definition) is 2. The molecule has 1 fully saturated rings. The average Bonchev–Trinajstić information content (AvgIpc) is 2.30. The quantitative estimate of drug-likeness (QED) is 0.776. The summed E-state index contributed by atoms with van der Waals surface area (Å²) in [6, 6.07) is 0.248. The van der Waals surface area contributed by atoms with E-state index in [4.69, 9.17) is 5.11 Å². The summed E-state index contributed by atoms with van der Waals surface area (Å²) in [6.07, 6.45) is 7.75. The van der Waals surface area contributed by atoms with Gasteiger partial charge in [0, 0.05) is 25.6 Å². The predicted molar refractivity (Wildman–Crippen MR) is 69.7 cm³/mol. The second kappa shape index (κ2) is 7.70. The fourth-order valence-corrected chi connectivity index (χ4v) is 2.67. The largest absolute Gasteiger partial charge is 0.396 e. The molecule has 0 aliphatic heterocycles. The van der Waals surface area contributed by atoms with Crippen LogP contribution >= 0.6 is 0 Å². The van der Waals surface area contributed by atoms with Crippen molar-refractivity contribution in [2.75, 3.05) is 13.2 Å². The topological polar surface area (TPSA) is 40.5 Å². The minimum Gasteiger partial charge on any atom is -0.396 e. The van der Waals surface area contributed by atoms with Gasteiger partial charge in [-0.25, -0.2) is 0 Å². The third-order valence-electron chi connectivity index (χ3n) is 3.69. The lowest BCUT2D eigenvalue weighted by Crippen LogP contribution is -2.39. The number of aliphatic hydroxyl groups is 1. The van der Waals surface area contributed by atoms with Crippen LogP contribution < -0.4 is 0 Å². The fraction of sp³-hybridized carbons (Fsp3) is 0.929. The first-order valence-electron chi connectivity index (χ1n) is 7.05.